The molecule has 2 aromatic carbocycles. The first-order valence-electron chi connectivity index (χ1n) is 10.9. The topological polar surface area (TPSA) is 66.0 Å². The average molecular weight is 468 g/mol. The number of aryl methyl sites for hydroxylation is 1. The smallest absolute Gasteiger partial charge is 0.416 e. The number of rotatable bonds is 4. The van der Waals surface area contributed by atoms with Crippen molar-refractivity contribution in [2.75, 3.05) is 7.11 Å². The van der Waals surface area contributed by atoms with Crippen LogP contribution in [0.1, 0.15) is 42.6 Å². The lowest BCUT2D eigenvalue weighted by atomic mass is 9.75. The highest BCUT2D eigenvalue weighted by Gasteiger charge is 2.39. The van der Waals surface area contributed by atoms with Crippen LogP contribution in [0.3, 0.4) is 0 Å². The lowest BCUT2D eigenvalue weighted by Gasteiger charge is -2.34. The van der Waals surface area contributed by atoms with Crippen LogP contribution < -0.4 is 4.74 Å². The van der Waals surface area contributed by atoms with Gasteiger partial charge in [-0.25, -0.2) is 4.98 Å². The normalized spacial score (nSPS) is 18.1. The first-order valence-corrected chi connectivity index (χ1v) is 10.9. The molecule has 0 N–H and O–H groups in total. The van der Waals surface area contributed by atoms with Gasteiger partial charge in [-0.2, -0.15) is 13.2 Å². The molecular weight excluding hydrogens is 445 g/mol. The molecule has 1 atom stereocenters. The summed E-state index contributed by atoms with van der Waals surface area (Å²) in [5.41, 5.74) is 1.18. The number of nitrogens with zero attached hydrogens (tertiary/aromatic N) is 4. The fraction of sp³-hybridized carbons (Fsp3) is 0.320. The Morgan fingerprint density at radius 3 is 2.50 bits per heavy atom. The molecular formula is C25H23F3N4O2. The van der Waals surface area contributed by atoms with Gasteiger partial charge in [0.25, 0.3) is 0 Å². The second-order valence-electron chi connectivity index (χ2n) is 8.67. The minimum atomic E-state index is -4.37. The molecule has 0 fully saturated rings. The maximum atomic E-state index is 13.0. The highest BCUT2D eigenvalue weighted by atomic mass is 19.4. The number of hydrogen-bond donors (Lipinski definition) is 0. The molecule has 5 rings (SSSR count). The third-order valence-corrected chi connectivity index (χ3v) is 6.50. The van der Waals surface area contributed by atoms with Crippen molar-refractivity contribution < 1.29 is 22.3 Å². The van der Waals surface area contributed by atoms with Gasteiger partial charge in [0.15, 0.2) is 17.5 Å². The molecule has 1 aliphatic rings. The molecule has 0 saturated heterocycles. The van der Waals surface area contributed by atoms with Gasteiger partial charge in [0.1, 0.15) is 11.6 Å². The van der Waals surface area contributed by atoms with E-state index in [9.17, 15) is 13.2 Å². The van der Waals surface area contributed by atoms with Gasteiger partial charge in [-0.15, -0.1) is 10.2 Å². The Bertz CT molecular complexity index is 1340. The number of alkyl halides is 3. The van der Waals surface area contributed by atoms with E-state index in [1.165, 1.54) is 0 Å². The Balaban J connectivity index is 1.54. The van der Waals surface area contributed by atoms with Crippen molar-refractivity contribution in [1.29, 1.82) is 0 Å². The van der Waals surface area contributed by atoms with Crippen LogP contribution in [0.4, 0.5) is 13.2 Å². The van der Waals surface area contributed by atoms with Gasteiger partial charge >= 0.3 is 6.18 Å². The summed E-state index contributed by atoms with van der Waals surface area (Å²) in [6.45, 7) is 4.51. The molecule has 0 aliphatic carbocycles. The van der Waals surface area contributed by atoms with Crippen molar-refractivity contribution in [2.45, 2.75) is 44.8 Å². The number of oxazole rings is 1. The molecule has 1 unspecified atom stereocenters. The molecule has 9 heteroatoms. The molecule has 0 spiro atoms. The van der Waals surface area contributed by atoms with Crippen LogP contribution in [0.25, 0.3) is 22.7 Å². The largest absolute Gasteiger partial charge is 0.496 e. The quantitative estimate of drug-likeness (QED) is 0.366. The van der Waals surface area contributed by atoms with Gasteiger partial charge in [-0.3, -0.25) is 0 Å². The SMILES string of the molecule is COc1cc(-c2nnc3n2CCCC3(C)c2ccc(C(F)(F)F)cc2)ccc1-c1cnc(C)o1. The zero-order chi connectivity index (χ0) is 24.1. The van der Waals surface area contributed by atoms with Crippen LogP contribution in [0.15, 0.2) is 53.1 Å². The van der Waals surface area contributed by atoms with E-state index in [2.05, 4.69) is 15.2 Å². The monoisotopic (exact) mass is 468 g/mol. The fourth-order valence-electron chi connectivity index (χ4n) is 4.66. The minimum absolute atomic E-state index is 0.547. The second-order valence-corrected chi connectivity index (χ2v) is 8.67. The highest BCUT2D eigenvalue weighted by Crippen LogP contribution is 2.42. The zero-order valence-electron chi connectivity index (χ0n) is 19.0. The maximum Gasteiger partial charge on any atom is 0.416 e. The van der Waals surface area contributed by atoms with E-state index in [0.717, 1.165) is 54.0 Å². The average Bonchev–Trinajstić information content (AvgIpc) is 3.45. The Hall–Kier alpha value is -3.62. The van der Waals surface area contributed by atoms with Gasteiger partial charge in [-0.1, -0.05) is 18.2 Å². The maximum absolute atomic E-state index is 13.0. The molecule has 2 aromatic heterocycles. The molecule has 4 aromatic rings. The first kappa shape index (κ1) is 22.2. The second kappa shape index (κ2) is 8.00. The molecule has 0 bridgehead atoms. The van der Waals surface area contributed by atoms with Crippen molar-refractivity contribution in [3.63, 3.8) is 0 Å². The Labute approximate surface area is 194 Å². The summed E-state index contributed by atoms with van der Waals surface area (Å²) >= 11 is 0. The number of hydrogen-bond acceptors (Lipinski definition) is 5. The number of ether oxygens (including phenoxy) is 1. The number of aromatic nitrogens is 4. The predicted octanol–water partition coefficient (Wildman–Crippen LogP) is 6.04. The molecule has 176 valence electrons. The van der Waals surface area contributed by atoms with E-state index >= 15 is 0 Å². The summed E-state index contributed by atoms with van der Waals surface area (Å²) < 4.78 is 52.4. The molecule has 6 nitrogen and oxygen atoms in total. The van der Waals surface area contributed by atoms with E-state index in [1.54, 1.807) is 32.4 Å². The van der Waals surface area contributed by atoms with Gasteiger partial charge in [0.2, 0.25) is 0 Å². The lowest BCUT2D eigenvalue weighted by Crippen LogP contribution is -2.32. The van der Waals surface area contributed by atoms with Gasteiger partial charge in [-0.05, 0) is 49.6 Å². The van der Waals surface area contributed by atoms with Gasteiger partial charge in [0.05, 0.1) is 29.8 Å². The van der Waals surface area contributed by atoms with E-state index in [4.69, 9.17) is 9.15 Å². The number of methoxy groups -OCH3 is 1. The van der Waals surface area contributed by atoms with Gasteiger partial charge in [0, 0.05) is 19.0 Å². The van der Waals surface area contributed by atoms with Crippen LogP contribution in [0.5, 0.6) is 5.75 Å². The Morgan fingerprint density at radius 1 is 1.09 bits per heavy atom. The van der Waals surface area contributed by atoms with Crippen LogP contribution in [0, 0.1) is 6.92 Å². The molecule has 34 heavy (non-hydrogen) atoms. The molecule has 0 amide bonds. The molecule has 0 saturated carbocycles. The summed E-state index contributed by atoms with van der Waals surface area (Å²) in [7, 11) is 1.59. The summed E-state index contributed by atoms with van der Waals surface area (Å²) in [6.07, 6.45) is -1.10. The summed E-state index contributed by atoms with van der Waals surface area (Å²) in [5.74, 6) is 3.22. The van der Waals surface area contributed by atoms with Crippen molar-refractivity contribution in [2.24, 2.45) is 0 Å². The van der Waals surface area contributed by atoms with E-state index in [1.807, 2.05) is 29.7 Å². The number of halogens is 3. The van der Waals surface area contributed by atoms with Crippen molar-refractivity contribution in [3.8, 4) is 28.5 Å². The molecule has 1 aliphatic heterocycles. The lowest BCUT2D eigenvalue weighted by molar-refractivity contribution is -0.137. The first-order chi connectivity index (χ1) is 16.2. The third-order valence-electron chi connectivity index (χ3n) is 6.50. The van der Waals surface area contributed by atoms with E-state index in [0.29, 0.717) is 23.2 Å². The summed E-state index contributed by atoms with van der Waals surface area (Å²) in [4.78, 5) is 4.15. The fourth-order valence-corrected chi connectivity index (χ4v) is 4.66. The van der Waals surface area contributed by atoms with Gasteiger partial charge < -0.3 is 13.7 Å². The summed E-state index contributed by atoms with van der Waals surface area (Å²) in [6, 6.07) is 11.1. The zero-order valence-corrected chi connectivity index (χ0v) is 19.0. The third kappa shape index (κ3) is 3.65. The van der Waals surface area contributed by atoms with Crippen LogP contribution in [0.2, 0.25) is 0 Å². The Kier molecular flexibility index (Phi) is 5.22. The predicted molar refractivity (Wildman–Crippen MR) is 119 cm³/mol. The molecule has 3 heterocycles. The standard InChI is InChI=1S/C25H23F3N4O2/c1-15-29-14-21(34-15)19-10-5-16(13-20(19)33-3)22-30-31-23-24(2,11-4-12-32(22)23)17-6-8-18(9-7-17)25(26,27)28/h5-10,13-14H,4,11-12H2,1-3H3. The van der Waals surface area contributed by atoms with Crippen LogP contribution in [-0.2, 0) is 18.1 Å². The Morgan fingerprint density at radius 2 is 1.85 bits per heavy atom. The highest BCUT2D eigenvalue weighted by molar-refractivity contribution is 5.71. The van der Waals surface area contributed by atoms with Crippen molar-refractivity contribution in [3.05, 3.63) is 71.5 Å². The van der Waals surface area contributed by atoms with E-state index in [-0.39, 0.29) is 0 Å². The van der Waals surface area contributed by atoms with Crippen molar-refractivity contribution in [1.82, 2.24) is 19.7 Å². The molecule has 0 radical (unpaired) electrons. The number of benzene rings is 2. The minimum Gasteiger partial charge on any atom is -0.496 e. The number of fused-ring (bicyclic) bond motifs is 1. The summed E-state index contributed by atoms with van der Waals surface area (Å²) in [5, 5.41) is 8.96. The van der Waals surface area contributed by atoms with E-state index < -0.39 is 17.2 Å². The van der Waals surface area contributed by atoms with Crippen LogP contribution in [-0.4, -0.2) is 26.9 Å². The van der Waals surface area contributed by atoms with Crippen molar-refractivity contribution >= 4 is 0 Å². The van der Waals surface area contributed by atoms with Crippen LogP contribution >= 0.6 is 0 Å².